The SMILES string of the molecule is Cc1cccc(-n2c(SCC(=O)N[C@H](C)c3cc4ccccc4o3)nnc2N2CCOCC2)c1. The molecule has 9 heteroatoms. The molecule has 2 aromatic heterocycles. The molecule has 2 aromatic carbocycles. The first-order valence-electron chi connectivity index (χ1n) is 11.3. The molecule has 0 radical (unpaired) electrons. The molecule has 1 saturated heterocycles. The van der Waals surface area contributed by atoms with Crippen LogP contribution in [0.1, 0.15) is 24.3 Å². The number of hydrogen-bond acceptors (Lipinski definition) is 7. The first kappa shape index (κ1) is 22.5. The number of carbonyl (C=O) groups is 1. The molecule has 1 aliphatic heterocycles. The lowest BCUT2D eigenvalue weighted by Gasteiger charge is -2.28. The molecule has 0 unspecified atom stereocenters. The molecule has 8 nitrogen and oxygen atoms in total. The van der Waals surface area contributed by atoms with Gasteiger partial charge < -0.3 is 19.4 Å². The Morgan fingerprint density at radius 3 is 2.74 bits per heavy atom. The maximum atomic E-state index is 12.8. The Morgan fingerprint density at radius 1 is 1.12 bits per heavy atom. The number of fused-ring (bicyclic) bond motifs is 1. The summed E-state index contributed by atoms with van der Waals surface area (Å²) in [7, 11) is 0. The van der Waals surface area contributed by atoms with Crippen LogP contribution in [-0.4, -0.2) is 52.7 Å². The topological polar surface area (TPSA) is 85.4 Å². The van der Waals surface area contributed by atoms with Crippen molar-refractivity contribution in [2.45, 2.75) is 25.0 Å². The second-order valence-electron chi connectivity index (χ2n) is 8.32. The fraction of sp³-hybridized carbons (Fsp3) is 0.320. The van der Waals surface area contributed by atoms with E-state index in [-0.39, 0.29) is 17.7 Å². The van der Waals surface area contributed by atoms with Gasteiger partial charge in [0.15, 0.2) is 5.16 Å². The number of rotatable bonds is 7. The normalized spacial score (nSPS) is 14.9. The summed E-state index contributed by atoms with van der Waals surface area (Å²) in [5.74, 6) is 1.63. The predicted molar refractivity (Wildman–Crippen MR) is 133 cm³/mol. The lowest BCUT2D eigenvalue weighted by atomic mass is 10.2. The minimum absolute atomic E-state index is 0.0929. The smallest absolute Gasteiger partial charge is 0.232 e. The van der Waals surface area contributed by atoms with Crippen LogP contribution in [0, 0.1) is 6.92 Å². The molecular formula is C25H27N5O3S. The number of furan rings is 1. The van der Waals surface area contributed by atoms with Gasteiger partial charge in [-0.05, 0) is 43.7 Å². The number of nitrogens with one attached hydrogen (secondary N) is 1. The van der Waals surface area contributed by atoms with Gasteiger partial charge >= 0.3 is 0 Å². The maximum Gasteiger partial charge on any atom is 0.232 e. The summed E-state index contributed by atoms with van der Waals surface area (Å²) in [6.07, 6.45) is 0. The Morgan fingerprint density at radius 2 is 1.94 bits per heavy atom. The van der Waals surface area contributed by atoms with E-state index in [1.807, 2.05) is 54.0 Å². The maximum absolute atomic E-state index is 12.8. The van der Waals surface area contributed by atoms with Crippen LogP contribution in [0.15, 0.2) is 64.2 Å². The van der Waals surface area contributed by atoms with Crippen molar-refractivity contribution in [3.63, 3.8) is 0 Å². The van der Waals surface area contributed by atoms with Crippen molar-refractivity contribution in [3.8, 4) is 5.69 Å². The van der Waals surface area contributed by atoms with E-state index < -0.39 is 0 Å². The van der Waals surface area contributed by atoms with E-state index >= 15 is 0 Å². The van der Waals surface area contributed by atoms with Crippen molar-refractivity contribution in [3.05, 3.63) is 65.9 Å². The number of hydrogen-bond donors (Lipinski definition) is 1. The van der Waals surface area contributed by atoms with E-state index in [0.29, 0.717) is 18.4 Å². The van der Waals surface area contributed by atoms with E-state index in [1.54, 1.807) is 0 Å². The van der Waals surface area contributed by atoms with Gasteiger partial charge in [0.25, 0.3) is 0 Å². The molecule has 1 fully saturated rings. The zero-order chi connectivity index (χ0) is 23.5. The Bertz CT molecular complexity index is 1260. The van der Waals surface area contributed by atoms with E-state index in [2.05, 4.69) is 39.5 Å². The fourth-order valence-corrected chi connectivity index (χ4v) is 4.78. The highest BCUT2D eigenvalue weighted by Gasteiger charge is 2.23. The Kier molecular flexibility index (Phi) is 6.55. The highest BCUT2D eigenvalue weighted by atomic mass is 32.2. The van der Waals surface area contributed by atoms with Crippen LogP contribution < -0.4 is 10.2 Å². The summed E-state index contributed by atoms with van der Waals surface area (Å²) >= 11 is 1.37. The van der Waals surface area contributed by atoms with Crippen LogP contribution in [0.4, 0.5) is 5.95 Å². The lowest BCUT2D eigenvalue weighted by molar-refractivity contribution is -0.119. The predicted octanol–water partition coefficient (Wildman–Crippen LogP) is 4.13. The third kappa shape index (κ3) is 4.80. The number of para-hydroxylation sites is 1. The number of carbonyl (C=O) groups excluding carboxylic acids is 1. The fourth-order valence-electron chi connectivity index (χ4n) is 4.02. The van der Waals surface area contributed by atoms with Gasteiger partial charge in [0.2, 0.25) is 11.9 Å². The molecule has 34 heavy (non-hydrogen) atoms. The number of nitrogens with zero attached hydrogens (tertiary/aromatic N) is 4. The van der Waals surface area contributed by atoms with E-state index in [9.17, 15) is 4.79 Å². The highest BCUT2D eigenvalue weighted by molar-refractivity contribution is 7.99. The Hall–Kier alpha value is -3.30. The monoisotopic (exact) mass is 477 g/mol. The molecule has 1 N–H and O–H groups in total. The number of anilines is 1. The molecule has 0 bridgehead atoms. The molecule has 0 aliphatic carbocycles. The first-order chi connectivity index (χ1) is 16.6. The molecule has 1 atom stereocenters. The summed E-state index contributed by atoms with van der Waals surface area (Å²) in [5, 5.41) is 13.6. The lowest BCUT2D eigenvalue weighted by Crippen LogP contribution is -2.37. The molecule has 176 valence electrons. The number of aromatic nitrogens is 3. The molecule has 1 aliphatic rings. The summed E-state index contributed by atoms with van der Waals surface area (Å²) in [4.78, 5) is 14.9. The molecule has 0 saturated carbocycles. The van der Waals surface area contributed by atoms with E-state index in [0.717, 1.165) is 47.0 Å². The average molecular weight is 478 g/mol. The molecule has 5 rings (SSSR count). The van der Waals surface area contributed by atoms with E-state index in [1.165, 1.54) is 11.8 Å². The zero-order valence-corrected chi connectivity index (χ0v) is 20.0. The Balaban J connectivity index is 1.31. The minimum atomic E-state index is -0.237. The molecule has 4 aromatic rings. The minimum Gasteiger partial charge on any atom is -0.459 e. The molecule has 3 heterocycles. The zero-order valence-electron chi connectivity index (χ0n) is 19.2. The summed E-state index contributed by atoms with van der Waals surface area (Å²) in [6, 6.07) is 17.8. The summed E-state index contributed by atoms with van der Waals surface area (Å²) in [5.41, 5.74) is 2.94. The largest absolute Gasteiger partial charge is 0.459 e. The number of amides is 1. The molecular weight excluding hydrogens is 450 g/mol. The third-order valence-corrected chi connectivity index (χ3v) is 6.68. The van der Waals surface area contributed by atoms with Crippen LogP contribution in [0.25, 0.3) is 16.7 Å². The number of aryl methyl sites for hydroxylation is 1. The summed E-state index contributed by atoms with van der Waals surface area (Å²) < 4.78 is 13.4. The standard InChI is InChI=1S/C25H27N5O3S/c1-17-6-5-8-20(14-17)30-24(29-10-12-32-13-11-29)27-28-25(30)34-16-23(31)26-18(2)22-15-19-7-3-4-9-21(19)33-22/h3-9,14-15,18H,10-13,16H2,1-2H3,(H,26,31)/t18-/m1/s1. The number of morpholine rings is 1. The van der Waals surface area contributed by atoms with Crippen LogP contribution in [0.3, 0.4) is 0 Å². The Labute approximate surface area is 202 Å². The second-order valence-corrected chi connectivity index (χ2v) is 9.26. The third-order valence-electron chi connectivity index (χ3n) is 5.75. The van der Waals surface area contributed by atoms with Crippen molar-refractivity contribution in [2.24, 2.45) is 0 Å². The van der Waals surface area contributed by atoms with Crippen molar-refractivity contribution in [1.82, 2.24) is 20.1 Å². The van der Waals surface area contributed by atoms with Crippen LogP contribution >= 0.6 is 11.8 Å². The van der Waals surface area contributed by atoms with Gasteiger partial charge in [-0.3, -0.25) is 9.36 Å². The van der Waals surface area contributed by atoms with Crippen molar-refractivity contribution in [1.29, 1.82) is 0 Å². The molecule has 0 spiro atoms. The van der Waals surface area contributed by atoms with Crippen LogP contribution in [0.2, 0.25) is 0 Å². The van der Waals surface area contributed by atoms with Crippen molar-refractivity contribution < 1.29 is 13.9 Å². The first-order valence-corrected chi connectivity index (χ1v) is 12.3. The second kappa shape index (κ2) is 9.90. The number of benzene rings is 2. The highest BCUT2D eigenvalue weighted by Crippen LogP contribution is 2.28. The van der Waals surface area contributed by atoms with Gasteiger partial charge in [-0.25, -0.2) is 0 Å². The van der Waals surface area contributed by atoms with Gasteiger partial charge in [-0.2, -0.15) is 0 Å². The van der Waals surface area contributed by atoms with Crippen LogP contribution in [0.5, 0.6) is 0 Å². The summed E-state index contributed by atoms with van der Waals surface area (Å²) in [6.45, 7) is 6.80. The number of ether oxygens (including phenoxy) is 1. The number of thioether (sulfide) groups is 1. The van der Waals surface area contributed by atoms with Crippen molar-refractivity contribution in [2.75, 3.05) is 37.0 Å². The van der Waals surface area contributed by atoms with Crippen molar-refractivity contribution >= 4 is 34.6 Å². The van der Waals surface area contributed by atoms with Crippen LogP contribution in [-0.2, 0) is 9.53 Å². The molecule has 1 amide bonds. The average Bonchev–Trinajstić information content (AvgIpc) is 3.48. The van der Waals surface area contributed by atoms with Gasteiger partial charge in [0.1, 0.15) is 11.3 Å². The van der Waals surface area contributed by atoms with Gasteiger partial charge in [-0.15, -0.1) is 10.2 Å². The van der Waals surface area contributed by atoms with Gasteiger partial charge in [-0.1, -0.05) is 42.1 Å². The van der Waals surface area contributed by atoms with E-state index in [4.69, 9.17) is 9.15 Å². The van der Waals surface area contributed by atoms with Gasteiger partial charge in [0.05, 0.1) is 30.7 Å². The van der Waals surface area contributed by atoms with Gasteiger partial charge in [0, 0.05) is 18.5 Å². The quantitative estimate of drug-likeness (QED) is 0.401.